The highest BCUT2D eigenvalue weighted by molar-refractivity contribution is 4.43. The third kappa shape index (κ3) is 7.84. The molecule has 1 aliphatic heterocycles. The van der Waals surface area contributed by atoms with Crippen molar-refractivity contribution in [3.05, 3.63) is 0 Å². The Labute approximate surface area is 60.8 Å². The predicted molar refractivity (Wildman–Crippen MR) is 37.6 cm³/mol. The summed E-state index contributed by atoms with van der Waals surface area (Å²) in [6.45, 7) is 4.06. The van der Waals surface area contributed by atoms with E-state index >= 15 is 0 Å². The zero-order chi connectivity index (χ0) is 7.82. The average Bonchev–Trinajstić information content (AvgIpc) is 2.43. The summed E-state index contributed by atoms with van der Waals surface area (Å²) in [7, 11) is 0. The Kier molecular flexibility index (Phi) is 6.84. The van der Waals surface area contributed by atoms with Crippen LogP contribution in [0.15, 0.2) is 0 Å². The molecule has 3 N–H and O–H groups in total. The van der Waals surface area contributed by atoms with Crippen LogP contribution >= 0.6 is 0 Å². The molecule has 1 unspecified atom stereocenters. The van der Waals surface area contributed by atoms with Gasteiger partial charge in [-0.05, 0) is 6.92 Å². The molecular formula is C6H15NO3. The molecule has 1 heterocycles. The van der Waals surface area contributed by atoms with Gasteiger partial charge in [0.15, 0.2) is 0 Å². The van der Waals surface area contributed by atoms with Gasteiger partial charge in [-0.1, -0.05) is 0 Å². The van der Waals surface area contributed by atoms with Gasteiger partial charge in [0.25, 0.3) is 0 Å². The van der Waals surface area contributed by atoms with E-state index in [-0.39, 0.29) is 6.61 Å². The summed E-state index contributed by atoms with van der Waals surface area (Å²) in [5.41, 5.74) is 0. The van der Waals surface area contributed by atoms with Crippen LogP contribution in [0.5, 0.6) is 0 Å². The lowest BCUT2D eigenvalue weighted by molar-refractivity contribution is 0.110. The minimum atomic E-state index is -0.560. The molecule has 1 atom stereocenters. The van der Waals surface area contributed by atoms with E-state index in [0.29, 0.717) is 0 Å². The lowest BCUT2D eigenvalue weighted by Crippen LogP contribution is -2.05. The first kappa shape index (κ1) is 9.84. The van der Waals surface area contributed by atoms with Crippen LogP contribution in [0.1, 0.15) is 6.92 Å². The van der Waals surface area contributed by atoms with Gasteiger partial charge in [-0.15, -0.1) is 0 Å². The Bertz CT molecular complexity index is 56.4. The second-order valence-electron chi connectivity index (χ2n) is 2.08. The normalized spacial score (nSPS) is 19.5. The van der Waals surface area contributed by atoms with Crippen LogP contribution < -0.4 is 5.32 Å². The molecule has 4 heteroatoms. The summed E-state index contributed by atoms with van der Waals surface area (Å²) >= 11 is 0. The van der Waals surface area contributed by atoms with Gasteiger partial charge < -0.3 is 14.9 Å². The first-order chi connectivity index (χ1) is 4.77. The highest BCUT2D eigenvalue weighted by Gasteiger charge is 1.92. The summed E-state index contributed by atoms with van der Waals surface area (Å²) in [5.74, 6) is 0. The van der Waals surface area contributed by atoms with Gasteiger partial charge in [-0.2, -0.15) is 0 Å². The zero-order valence-electron chi connectivity index (χ0n) is 6.21. The van der Waals surface area contributed by atoms with E-state index in [4.69, 9.17) is 14.9 Å². The van der Waals surface area contributed by atoms with Crippen molar-refractivity contribution < 1.29 is 14.9 Å². The van der Waals surface area contributed by atoms with Crippen molar-refractivity contribution in [1.29, 1.82) is 0 Å². The molecule has 0 aromatic heterocycles. The van der Waals surface area contributed by atoms with E-state index in [1.165, 1.54) is 6.92 Å². The first-order valence-electron chi connectivity index (χ1n) is 3.34. The maximum absolute atomic E-state index is 8.11. The molecule has 0 radical (unpaired) electrons. The Morgan fingerprint density at radius 1 is 1.70 bits per heavy atom. The van der Waals surface area contributed by atoms with E-state index < -0.39 is 6.10 Å². The maximum atomic E-state index is 8.11. The molecule has 0 amide bonds. The van der Waals surface area contributed by atoms with Crippen molar-refractivity contribution in [2.24, 2.45) is 0 Å². The molecule has 0 aliphatic carbocycles. The van der Waals surface area contributed by atoms with Crippen LogP contribution in [0.4, 0.5) is 0 Å². The molecule has 1 aliphatic rings. The van der Waals surface area contributed by atoms with Crippen LogP contribution in [0.2, 0.25) is 0 Å². The summed E-state index contributed by atoms with van der Waals surface area (Å²) in [6.07, 6.45) is -0.560. The number of hydrogen-bond acceptors (Lipinski definition) is 4. The van der Waals surface area contributed by atoms with Crippen molar-refractivity contribution in [2.45, 2.75) is 13.0 Å². The fourth-order valence-electron chi connectivity index (χ4n) is 0.361. The molecule has 62 valence electrons. The van der Waals surface area contributed by atoms with Gasteiger partial charge in [0.2, 0.25) is 0 Å². The smallest absolute Gasteiger partial charge is 0.0966 e. The maximum Gasteiger partial charge on any atom is 0.0966 e. The van der Waals surface area contributed by atoms with E-state index in [9.17, 15) is 0 Å². The van der Waals surface area contributed by atoms with E-state index in [1.807, 2.05) is 0 Å². The lowest BCUT2D eigenvalue weighted by atomic mass is 10.5. The molecular weight excluding hydrogens is 134 g/mol. The number of aliphatic hydroxyl groups excluding tert-OH is 2. The summed E-state index contributed by atoms with van der Waals surface area (Å²) < 4.78 is 4.83. The third-order valence-electron chi connectivity index (χ3n) is 0.892. The predicted octanol–water partition coefficient (Wildman–Crippen LogP) is -1.08. The van der Waals surface area contributed by atoms with Crippen molar-refractivity contribution in [3.63, 3.8) is 0 Å². The number of aliphatic hydroxyl groups is 2. The Morgan fingerprint density at radius 3 is 2.40 bits per heavy atom. The standard InChI is InChI=1S/C3H7NO.C3H8O2/c1-2-5-3-4-1;1-3(5)2-4/h4H,1-3H2;3-5H,2H2,1H3. The molecule has 1 rings (SSSR count). The molecule has 0 saturated carbocycles. The van der Waals surface area contributed by atoms with Crippen LogP contribution in [0.25, 0.3) is 0 Å². The minimum Gasteiger partial charge on any atom is -0.394 e. The summed E-state index contributed by atoms with van der Waals surface area (Å²) in [4.78, 5) is 0. The Morgan fingerprint density at radius 2 is 2.30 bits per heavy atom. The number of hydrogen-bond donors (Lipinski definition) is 3. The van der Waals surface area contributed by atoms with Crippen LogP contribution in [-0.2, 0) is 4.74 Å². The quantitative estimate of drug-likeness (QED) is 0.444. The van der Waals surface area contributed by atoms with Gasteiger partial charge in [-0.25, -0.2) is 0 Å². The van der Waals surface area contributed by atoms with Crippen molar-refractivity contribution >= 4 is 0 Å². The second kappa shape index (κ2) is 6.95. The van der Waals surface area contributed by atoms with Crippen molar-refractivity contribution in [2.75, 3.05) is 26.5 Å². The molecule has 10 heavy (non-hydrogen) atoms. The molecule has 0 bridgehead atoms. The summed E-state index contributed by atoms with van der Waals surface area (Å²) in [5, 5.41) is 19.0. The second-order valence-corrected chi connectivity index (χ2v) is 2.08. The van der Waals surface area contributed by atoms with Crippen LogP contribution in [0, 0.1) is 0 Å². The van der Waals surface area contributed by atoms with Gasteiger partial charge in [0, 0.05) is 6.54 Å². The SMILES string of the molecule is C1COCN1.CC(O)CO. The van der Waals surface area contributed by atoms with Gasteiger partial charge in [0.1, 0.15) is 0 Å². The van der Waals surface area contributed by atoms with Crippen molar-refractivity contribution in [1.82, 2.24) is 5.32 Å². The number of nitrogens with one attached hydrogen (secondary N) is 1. The zero-order valence-corrected chi connectivity index (χ0v) is 6.21. The molecule has 1 fully saturated rings. The Hall–Kier alpha value is -0.160. The average molecular weight is 149 g/mol. The molecule has 0 aromatic rings. The molecule has 4 nitrogen and oxygen atoms in total. The highest BCUT2D eigenvalue weighted by atomic mass is 16.5. The number of rotatable bonds is 1. The molecule has 0 aromatic carbocycles. The Balaban J connectivity index is 0.000000162. The largest absolute Gasteiger partial charge is 0.394 e. The topological polar surface area (TPSA) is 61.7 Å². The van der Waals surface area contributed by atoms with E-state index in [2.05, 4.69) is 5.32 Å². The highest BCUT2D eigenvalue weighted by Crippen LogP contribution is 1.75. The fourth-order valence-corrected chi connectivity index (χ4v) is 0.361. The van der Waals surface area contributed by atoms with E-state index in [1.54, 1.807) is 0 Å². The molecule has 0 spiro atoms. The number of ether oxygens (including phenoxy) is 1. The fraction of sp³-hybridized carbons (Fsp3) is 1.00. The third-order valence-corrected chi connectivity index (χ3v) is 0.892. The van der Waals surface area contributed by atoms with Gasteiger partial charge in [0.05, 0.1) is 26.0 Å². The summed E-state index contributed by atoms with van der Waals surface area (Å²) in [6, 6.07) is 0. The van der Waals surface area contributed by atoms with Crippen LogP contribution in [0.3, 0.4) is 0 Å². The lowest BCUT2D eigenvalue weighted by Gasteiger charge is -1.90. The first-order valence-corrected chi connectivity index (χ1v) is 3.34. The van der Waals surface area contributed by atoms with Gasteiger partial charge >= 0.3 is 0 Å². The van der Waals surface area contributed by atoms with Crippen LogP contribution in [-0.4, -0.2) is 42.8 Å². The van der Waals surface area contributed by atoms with Crippen molar-refractivity contribution in [3.8, 4) is 0 Å². The minimum absolute atomic E-state index is 0.139. The molecule has 1 saturated heterocycles. The van der Waals surface area contributed by atoms with Gasteiger partial charge in [-0.3, -0.25) is 5.32 Å². The monoisotopic (exact) mass is 149 g/mol. The van der Waals surface area contributed by atoms with E-state index in [0.717, 1.165) is 19.9 Å².